The molecular formula is C19H19BrN8O3. The van der Waals surface area contributed by atoms with Crippen molar-refractivity contribution >= 4 is 39.3 Å². The van der Waals surface area contributed by atoms with Gasteiger partial charge in [-0.25, -0.2) is 14.3 Å². The highest BCUT2D eigenvalue weighted by molar-refractivity contribution is 9.10. The van der Waals surface area contributed by atoms with Gasteiger partial charge in [0.15, 0.2) is 11.3 Å². The normalized spacial score (nSPS) is 11.1. The molecule has 4 aromatic rings. The van der Waals surface area contributed by atoms with Gasteiger partial charge in [0.05, 0.1) is 23.0 Å². The van der Waals surface area contributed by atoms with Crippen molar-refractivity contribution in [2.45, 2.75) is 20.4 Å². The molecule has 12 heteroatoms. The number of esters is 1. The maximum Gasteiger partial charge on any atom is 0.343 e. The summed E-state index contributed by atoms with van der Waals surface area (Å²) in [5.74, 6) is -0.858. The molecule has 0 bridgehead atoms. The quantitative estimate of drug-likeness (QED) is 0.415. The van der Waals surface area contributed by atoms with Crippen LogP contribution in [0.4, 0.5) is 5.82 Å². The molecule has 0 radical (unpaired) electrons. The highest BCUT2D eigenvalue weighted by atomic mass is 79.9. The van der Waals surface area contributed by atoms with E-state index in [2.05, 4.69) is 41.5 Å². The molecule has 0 saturated heterocycles. The van der Waals surface area contributed by atoms with Gasteiger partial charge in [-0.05, 0) is 35.8 Å². The van der Waals surface area contributed by atoms with Gasteiger partial charge in [-0.3, -0.25) is 14.2 Å². The molecule has 0 aliphatic carbocycles. The Balaban J connectivity index is 1.69. The number of anilines is 1. The molecule has 0 aliphatic rings. The van der Waals surface area contributed by atoms with E-state index in [4.69, 9.17) is 4.74 Å². The lowest BCUT2D eigenvalue weighted by Gasteiger charge is -2.06. The SMILES string of the molecule is CCOC(=O)c1cnn(C)c1NC(=O)c1cc2nccc(-c3nn(CC)cc3Br)n2n1. The molecule has 0 atom stereocenters. The summed E-state index contributed by atoms with van der Waals surface area (Å²) < 4.78 is 10.6. The van der Waals surface area contributed by atoms with Crippen LogP contribution < -0.4 is 5.32 Å². The molecule has 0 aliphatic heterocycles. The van der Waals surface area contributed by atoms with Gasteiger partial charge in [-0.15, -0.1) is 0 Å². The Labute approximate surface area is 185 Å². The molecule has 160 valence electrons. The van der Waals surface area contributed by atoms with E-state index < -0.39 is 11.9 Å². The maximum atomic E-state index is 12.9. The molecule has 0 unspecified atom stereocenters. The molecule has 4 heterocycles. The van der Waals surface area contributed by atoms with Crippen LogP contribution in [0.15, 0.2) is 35.2 Å². The average Bonchev–Trinajstić information content (AvgIpc) is 3.45. The van der Waals surface area contributed by atoms with Gasteiger partial charge < -0.3 is 10.1 Å². The summed E-state index contributed by atoms with van der Waals surface area (Å²) in [6.45, 7) is 4.62. The van der Waals surface area contributed by atoms with Crippen molar-refractivity contribution in [2.24, 2.45) is 7.05 Å². The van der Waals surface area contributed by atoms with Crippen LogP contribution in [0.25, 0.3) is 17.0 Å². The average molecular weight is 487 g/mol. The van der Waals surface area contributed by atoms with Crippen molar-refractivity contribution < 1.29 is 14.3 Å². The number of carbonyl (C=O) groups excluding carboxylic acids is 2. The number of amides is 1. The lowest BCUT2D eigenvalue weighted by molar-refractivity contribution is 0.0527. The van der Waals surface area contributed by atoms with E-state index in [-0.39, 0.29) is 23.7 Å². The van der Waals surface area contributed by atoms with Crippen LogP contribution in [0, 0.1) is 0 Å². The number of nitrogens with zero attached hydrogens (tertiary/aromatic N) is 7. The van der Waals surface area contributed by atoms with E-state index in [1.807, 2.05) is 13.1 Å². The number of aryl methyl sites for hydroxylation is 2. The number of aromatic nitrogens is 7. The van der Waals surface area contributed by atoms with Gasteiger partial charge in [0.2, 0.25) is 0 Å². The maximum absolute atomic E-state index is 12.9. The Morgan fingerprint density at radius 3 is 2.77 bits per heavy atom. The zero-order chi connectivity index (χ0) is 22.1. The fraction of sp³-hybridized carbons (Fsp3) is 0.263. The summed E-state index contributed by atoms with van der Waals surface area (Å²) in [6.07, 6.45) is 4.85. The van der Waals surface area contributed by atoms with Gasteiger partial charge in [0.1, 0.15) is 17.1 Å². The third-order valence-electron chi connectivity index (χ3n) is 4.54. The Bertz CT molecular complexity index is 1290. The molecule has 4 rings (SSSR count). The molecule has 1 amide bonds. The van der Waals surface area contributed by atoms with Crippen molar-refractivity contribution in [3.63, 3.8) is 0 Å². The van der Waals surface area contributed by atoms with Crippen molar-refractivity contribution in [3.05, 3.63) is 46.5 Å². The van der Waals surface area contributed by atoms with E-state index in [9.17, 15) is 9.59 Å². The second-order valence-corrected chi connectivity index (χ2v) is 7.37. The standard InChI is InChI=1S/C19H19BrN8O3/c1-4-27-10-12(20)16(25-27)14-6-7-21-15-8-13(24-28(14)15)18(29)23-17-11(9-22-26(17)3)19(30)31-5-2/h6-10H,4-5H2,1-3H3,(H,23,29). The fourth-order valence-electron chi connectivity index (χ4n) is 3.03. The molecule has 4 aromatic heterocycles. The van der Waals surface area contributed by atoms with Crippen LogP contribution in [0.3, 0.4) is 0 Å². The number of ether oxygens (including phenoxy) is 1. The predicted octanol–water partition coefficient (Wildman–Crippen LogP) is 2.54. The van der Waals surface area contributed by atoms with E-state index in [1.165, 1.54) is 10.9 Å². The van der Waals surface area contributed by atoms with Gasteiger partial charge in [-0.2, -0.15) is 15.3 Å². The van der Waals surface area contributed by atoms with Gasteiger partial charge in [0, 0.05) is 32.1 Å². The lowest BCUT2D eigenvalue weighted by atomic mass is 10.3. The highest BCUT2D eigenvalue weighted by Crippen LogP contribution is 2.27. The van der Waals surface area contributed by atoms with Crippen molar-refractivity contribution in [3.8, 4) is 11.4 Å². The molecule has 0 fully saturated rings. The zero-order valence-electron chi connectivity index (χ0n) is 17.0. The predicted molar refractivity (Wildman–Crippen MR) is 115 cm³/mol. The number of carbonyl (C=O) groups is 2. The third kappa shape index (κ3) is 3.81. The molecule has 31 heavy (non-hydrogen) atoms. The Morgan fingerprint density at radius 1 is 1.26 bits per heavy atom. The van der Waals surface area contributed by atoms with Crippen LogP contribution in [0.1, 0.15) is 34.7 Å². The number of hydrogen-bond donors (Lipinski definition) is 1. The van der Waals surface area contributed by atoms with Gasteiger partial charge in [-0.1, -0.05) is 0 Å². The molecule has 0 spiro atoms. The number of nitrogens with one attached hydrogen (secondary N) is 1. The van der Waals surface area contributed by atoms with Crippen LogP contribution in [0.5, 0.6) is 0 Å². The summed E-state index contributed by atoms with van der Waals surface area (Å²) in [5.41, 5.74) is 2.13. The largest absolute Gasteiger partial charge is 0.462 e. The van der Waals surface area contributed by atoms with E-state index in [0.717, 1.165) is 4.47 Å². The summed E-state index contributed by atoms with van der Waals surface area (Å²) in [4.78, 5) is 29.3. The van der Waals surface area contributed by atoms with E-state index >= 15 is 0 Å². The minimum atomic E-state index is -0.568. The van der Waals surface area contributed by atoms with Crippen molar-refractivity contribution in [1.82, 2.24) is 34.2 Å². The fourth-order valence-corrected chi connectivity index (χ4v) is 3.55. The van der Waals surface area contributed by atoms with E-state index in [1.54, 1.807) is 41.5 Å². The number of fused-ring (bicyclic) bond motifs is 1. The second-order valence-electron chi connectivity index (χ2n) is 6.52. The summed E-state index contributed by atoms with van der Waals surface area (Å²) in [7, 11) is 1.61. The summed E-state index contributed by atoms with van der Waals surface area (Å²) in [5, 5.41) is 15.7. The van der Waals surface area contributed by atoms with Gasteiger partial charge >= 0.3 is 5.97 Å². The first-order valence-electron chi connectivity index (χ1n) is 9.51. The molecule has 1 N–H and O–H groups in total. The summed E-state index contributed by atoms with van der Waals surface area (Å²) >= 11 is 3.52. The monoisotopic (exact) mass is 486 g/mol. The molecular weight excluding hydrogens is 468 g/mol. The van der Waals surface area contributed by atoms with Crippen LogP contribution in [-0.4, -0.2) is 52.6 Å². The van der Waals surface area contributed by atoms with Crippen LogP contribution in [0.2, 0.25) is 0 Å². The van der Waals surface area contributed by atoms with Gasteiger partial charge in [0.25, 0.3) is 5.91 Å². The first-order valence-corrected chi connectivity index (χ1v) is 10.3. The number of halogens is 1. The first kappa shape index (κ1) is 20.7. The number of hydrogen-bond acceptors (Lipinski definition) is 7. The van der Waals surface area contributed by atoms with Crippen molar-refractivity contribution in [1.29, 1.82) is 0 Å². The lowest BCUT2D eigenvalue weighted by Crippen LogP contribution is -2.18. The Kier molecular flexibility index (Phi) is 5.55. The first-order chi connectivity index (χ1) is 14.9. The minimum absolute atomic E-state index is 0.127. The molecule has 0 aromatic carbocycles. The minimum Gasteiger partial charge on any atom is -0.462 e. The number of rotatable bonds is 6. The van der Waals surface area contributed by atoms with E-state index in [0.29, 0.717) is 23.6 Å². The smallest absolute Gasteiger partial charge is 0.343 e. The highest BCUT2D eigenvalue weighted by Gasteiger charge is 2.22. The van der Waals surface area contributed by atoms with Crippen molar-refractivity contribution in [2.75, 3.05) is 11.9 Å². The summed E-state index contributed by atoms with van der Waals surface area (Å²) in [6, 6.07) is 3.33. The Morgan fingerprint density at radius 2 is 2.06 bits per heavy atom. The Hall–Kier alpha value is -3.54. The molecule has 11 nitrogen and oxygen atoms in total. The van der Waals surface area contributed by atoms with Crippen LogP contribution >= 0.6 is 15.9 Å². The third-order valence-corrected chi connectivity index (χ3v) is 5.12. The topological polar surface area (TPSA) is 121 Å². The molecule has 0 saturated carbocycles. The zero-order valence-corrected chi connectivity index (χ0v) is 18.6. The second kappa shape index (κ2) is 8.30. The van der Waals surface area contributed by atoms with Crippen LogP contribution in [-0.2, 0) is 18.3 Å².